The number of rotatable bonds is 4. The van der Waals surface area contributed by atoms with Crippen LogP contribution in [0.15, 0.2) is 35.5 Å². The van der Waals surface area contributed by atoms with Crippen LogP contribution in [0.2, 0.25) is 0 Å². The van der Waals surface area contributed by atoms with Gasteiger partial charge in [-0.1, -0.05) is 32.0 Å². The number of amides is 2. The molecule has 2 aliphatic rings. The number of allylic oxidation sites excluding steroid dienone is 1. The number of benzene rings is 1. The molecule has 0 unspecified atom stereocenters. The van der Waals surface area contributed by atoms with Crippen molar-refractivity contribution in [3.63, 3.8) is 0 Å². The number of ether oxygens (including phenoxy) is 2. The van der Waals surface area contributed by atoms with E-state index in [1.165, 1.54) is 0 Å². The standard InChI is InChI=1S/C21H28N2O4/c1-12-9-10-15(11-13(12)2)27-20(24)18-14(3)22-21(25)23-19(18)16-7-5-6-8-17(16)26-4/h5-8,12-13,15,19H,9-11H2,1-4H3,(H2,22,23,25)/t12-,13+,15-,19-/m1/s1. The van der Waals surface area contributed by atoms with E-state index in [2.05, 4.69) is 24.5 Å². The molecule has 6 nitrogen and oxygen atoms in total. The van der Waals surface area contributed by atoms with Gasteiger partial charge in [0.15, 0.2) is 0 Å². The quantitative estimate of drug-likeness (QED) is 0.790. The lowest BCUT2D eigenvalue weighted by atomic mass is 9.80. The fraction of sp³-hybridized carbons (Fsp3) is 0.524. The smallest absolute Gasteiger partial charge is 0.338 e. The van der Waals surface area contributed by atoms with E-state index in [1.54, 1.807) is 14.0 Å². The minimum absolute atomic E-state index is 0.0834. The Morgan fingerprint density at radius 1 is 1.15 bits per heavy atom. The number of carbonyl (C=O) groups excluding carboxylic acids is 2. The second-order valence-electron chi connectivity index (χ2n) is 7.61. The summed E-state index contributed by atoms with van der Waals surface area (Å²) in [4.78, 5) is 25.1. The Morgan fingerprint density at radius 3 is 2.59 bits per heavy atom. The van der Waals surface area contributed by atoms with Crippen molar-refractivity contribution >= 4 is 12.0 Å². The van der Waals surface area contributed by atoms with Crippen molar-refractivity contribution in [3.05, 3.63) is 41.1 Å². The second-order valence-corrected chi connectivity index (χ2v) is 7.61. The van der Waals surface area contributed by atoms with E-state index in [-0.39, 0.29) is 18.1 Å². The summed E-state index contributed by atoms with van der Waals surface area (Å²) >= 11 is 0. The monoisotopic (exact) mass is 372 g/mol. The Kier molecular flexibility index (Phi) is 5.73. The Balaban J connectivity index is 1.87. The van der Waals surface area contributed by atoms with Gasteiger partial charge in [0, 0.05) is 11.3 Å². The molecule has 1 saturated carbocycles. The molecule has 2 amide bonds. The zero-order valence-corrected chi connectivity index (χ0v) is 16.4. The molecule has 0 saturated heterocycles. The minimum Gasteiger partial charge on any atom is -0.496 e. The zero-order valence-electron chi connectivity index (χ0n) is 16.4. The Morgan fingerprint density at radius 2 is 1.89 bits per heavy atom. The summed E-state index contributed by atoms with van der Waals surface area (Å²) in [6.45, 7) is 6.17. The lowest BCUT2D eigenvalue weighted by molar-refractivity contribution is -0.147. The van der Waals surface area contributed by atoms with E-state index in [0.29, 0.717) is 28.9 Å². The second kappa shape index (κ2) is 8.03. The van der Waals surface area contributed by atoms with Crippen molar-refractivity contribution in [1.29, 1.82) is 0 Å². The molecule has 0 aromatic heterocycles. The number of para-hydroxylation sites is 1. The van der Waals surface area contributed by atoms with Crippen molar-refractivity contribution in [2.24, 2.45) is 11.8 Å². The molecule has 6 heteroatoms. The molecular formula is C21H28N2O4. The van der Waals surface area contributed by atoms with Crippen LogP contribution in [0.4, 0.5) is 4.79 Å². The van der Waals surface area contributed by atoms with E-state index >= 15 is 0 Å². The summed E-state index contributed by atoms with van der Waals surface area (Å²) in [5.74, 6) is 1.41. The normalized spacial score (nSPS) is 28.2. The average Bonchev–Trinajstić information content (AvgIpc) is 2.64. The molecule has 0 spiro atoms. The first-order chi connectivity index (χ1) is 12.9. The van der Waals surface area contributed by atoms with Gasteiger partial charge in [-0.05, 0) is 44.1 Å². The van der Waals surface area contributed by atoms with Crippen LogP contribution in [0.3, 0.4) is 0 Å². The molecule has 1 heterocycles. The molecular weight excluding hydrogens is 344 g/mol. The predicted molar refractivity (Wildman–Crippen MR) is 102 cm³/mol. The lowest BCUT2D eigenvalue weighted by Gasteiger charge is -2.33. The van der Waals surface area contributed by atoms with Crippen molar-refractivity contribution in [2.45, 2.75) is 52.2 Å². The number of hydrogen-bond acceptors (Lipinski definition) is 4. The highest BCUT2D eigenvalue weighted by molar-refractivity contribution is 5.95. The average molecular weight is 372 g/mol. The van der Waals surface area contributed by atoms with Crippen LogP contribution < -0.4 is 15.4 Å². The van der Waals surface area contributed by atoms with E-state index in [0.717, 1.165) is 24.8 Å². The fourth-order valence-corrected chi connectivity index (χ4v) is 3.92. The maximum absolute atomic E-state index is 13.0. The van der Waals surface area contributed by atoms with E-state index in [4.69, 9.17) is 9.47 Å². The van der Waals surface area contributed by atoms with Gasteiger partial charge >= 0.3 is 12.0 Å². The summed E-state index contributed by atoms with van der Waals surface area (Å²) in [7, 11) is 1.57. The van der Waals surface area contributed by atoms with Gasteiger partial charge in [0.25, 0.3) is 0 Å². The molecule has 0 bridgehead atoms. The minimum atomic E-state index is -0.609. The summed E-state index contributed by atoms with van der Waals surface area (Å²) in [5.41, 5.74) is 1.66. The van der Waals surface area contributed by atoms with Gasteiger partial charge < -0.3 is 20.1 Å². The number of nitrogens with one attached hydrogen (secondary N) is 2. The number of methoxy groups -OCH3 is 1. The van der Waals surface area contributed by atoms with Crippen molar-refractivity contribution in [2.75, 3.05) is 7.11 Å². The number of hydrogen-bond donors (Lipinski definition) is 2. The molecule has 146 valence electrons. The molecule has 27 heavy (non-hydrogen) atoms. The van der Waals surface area contributed by atoms with Crippen molar-refractivity contribution < 1.29 is 19.1 Å². The van der Waals surface area contributed by atoms with Gasteiger partial charge in [-0.3, -0.25) is 0 Å². The van der Waals surface area contributed by atoms with Gasteiger partial charge in [-0.15, -0.1) is 0 Å². The highest BCUT2D eigenvalue weighted by Gasteiger charge is 2.36. The number of carbonyl (C=O) groups is 2. The third-order valence-corrected chi connectivity index (χ3v) is 5.76. The first-order valence-electron chi connectivity index (χ1n) is 9.52. The summed E-state index contributed by atoms with van der Waals surface area (Å²) < 4.78 is 11.3. The van der Waals surface area contributed by atoms with Crippen LogP contribution in [0, 0.1) is 11.8 Å². The van der Waals surface area contributed by atoms with Gasteiger partial charge in [-0.25, -0.2) is 9.59 Å². The molecule has 4 atom stereocenters. The molecule has 3 rings (SSSR count). The Bertz CT molecular complexity index is 758. The van der Waals surface area contributed by atoms with Gasteiger partial charge in [-0.2, -0.15) is 0 Å². The van der Waals surface area contributed by atoms with Crippen LogP contribution in [0.25, 0.3) is 0 Å². The third-order valence-electron chi connectivity index (χ3n) is 5.76. The van der Waals surface area contributed by atoms with E-state index < -0.39 is 6.04 Å². The zero-order chi connectivity index (χ0) is 19.6. The summed E-state index contributed by atoms with van der Waals surface area (Å²) in [6, 6.07) is 6.41. The molecule has 1 aromatic rings. The summed E-state index contributed by atoms with van der Waals surface area (Å²) in [6.07, 6.45) is 2.73. The Hall–Kier alpha value is -2.50. The van der Waals surface area contributed by atoms with Crippen LogP contribution in [0.1, 0.15) is 51.6 Å². The molecule has 1 aliphatic carbocycles. The fourth-order valence-electron chi connectivity index (χ4n) is 3.92. The molecule has 1 fully saturated rings. The highest BCUT2D eigenvalue weighted by Crippen LogP contribution is 2.35. The molecule has 1 aliphatic heterocycles. The summed E-state index contributed by atoms with van der Waals surface area (Å²) in [5, 5.41) is 5.52. The molecule has 0 radical (unpaired) electrons. The van der Waals surface area contributed by atoms with E-state index in [9.17, 15) is 9.59 Å². The predicted octanol–water partition coefficient (Wildman–Crippen LogP) is 3.69. The van der Waals surface area contributed by atoms with Crippen molar-refractivity contribution in [3.8, 4) is 5.75 Å². The van der Waals surface area contributed by atoms with Gasteiger partial charge in [0.05, 0.1) is 18.7 Å². The van der Waals surface area contributed by atoms with Crippen molar-refractivity contribution in [1.82, 2.24) is 10.6 Å². The van der Waals surface area contributed by atoms with Crippen LogP contribution in [0.5, 0.6) is 5.75 Å². The first kappa shape index (κ1) is 19.3. The maximum atomic E-state index is 13.0. The molecule has 1 aromatic carbocycles. The SMILES string of the molecule is COc1ccccc1[C@H]1NC(=O)NC(C)=C1C(=O)O[C@@H]1CC[C@@H](C)[C@@H](C)C1. The van der Waals surface area contributed by atoms with Gasteiger partial charge in [0.1, 0.15) is 11.9 Å². The number of urea groups is 1. The lowest BCUT2D eigenvalue weighted by Crippen LogP contribution is -2.46. The molecule has 2 N–H and O–H groups in total. The first-order valence-corrected chi connectivity index (χ1v) is 9.52. The number of esters is 1. The maximum Gasteiger partial charge on any atom is 0.338 e. The topological polar surface area (TPSA) is 76.7 Å². The largest absolute Gasteiger partial charge is 0.496 e. The Labute approximate surface area is 160 Å². The van der Waals surface area contributed by atoms with Crippen LogP contribution in [-0.2, 0) is 9.53 Å². The third kappa shape index (κ3) is 4.10. The van der Waals surface area contributed by atoms with E-state index in [1.807, 2.05) is 24.3 Å². The van der Waals surface area contributed by atoms with Crippen LogP contribution >= 0.6 is 0 Å². The van der Waals surface area contributed by atoms with Crippen LogP contribution in [-0.4, -0.2) is 25.2 Å². The highest BCUT2D eigenvalue weighted by atomic mass is 16.5. The van der Waals surface area contributed by atoms with Gasteiger partial charge in [0.2, 0.25) is 0 Å².